The quantitative estimate of drug-likeness (QED) is 0.219. The maximum Gasteiger partial charge on any atom is 0.293 e. The number of halogens is 1. The van der Waals surface area contributed by atoms with Crippen molar-refractivity contribution in [3.8, 4) is 11.5 Å². The van der Waals surface area contributed by atoms with Gasteiger partial charge in [0.1, 0.15) is 28.7 Å². The van der Waals surface area contributed by atoms with Gasteiger partial charge in [-0.05, 0) is 36.4 Å². The number of nitrogens with one attached hydrogen (secondary N) is 2. The zero-order chi connectivity index (χ0) is 23.8. The average molecular weight is 471 g/mol. The first-order chi connectivity index (χ1) is 15.6. The molecule has 0 unspecified atom stereocenters. The molecule has 0 aliphatic heterocycles. The Hall–Kier alpha value is -4.52. The highest BCUT2D eigenvalue weighted by Gasteiger charge is 2.25. The van der Waals surface area contributed by atoms with Crippen LogP contribution in [-0.2, 0) is 10.0 Å². The number of nitro groups is 1. The Morgan fingerprint density at radius 1 is 1.18 bits per heavy atom. The molecule has 0 spiro atoms. The number of H-pyrrole nitrogens is 1. The zero-order valence-corrected chi connectivity index (χ0v) is 17.3. The fourth-order valence-electron chi connectivity index (χ4n) is 2.96. The van der Waals surface area contributed by atoms with Crippen molar-refractivity contribution in [3.63, 3.8) is 0 Å². The number of pyridine rings is 1. The van der Waals surface area contributed by atoms with Crippen LogP contribution in [0.1, 0.15) is 10.4 Å². The molecule has 33 heavy (non-hydrogen) atoms. The van der Waals surface area contributed by atoms with Gasteiger partial charge in [-0.1, -0.05) is 0 Å². The minimum atomic E-state index is -4.53. The van der Waals surface area contributed by atoms with E-state index in [4.69, 9.17) is 10.5 Å². The van der Waals surface area contributed by atoms with Crippen LogP contribution in [0.25, 0.3) is 11.0 Å². The third kappa shape index (κ3) is 4.43. The van der Waals surface area contributed by atoms with Crippen molar-refractivity contribution in [2.24, 2.45) is 0 Å². The molecule has 4 N–H and O–H groups in total. The van der Waals surface area contributed by atoms with Crippen LogP contribution in [-0.4, -0.2) is 29.2 Å². The van der Waals surface area contributed by atoms with Crippen LogP contribution >= 0.6 is 0 Å². The Labute approximate surface area is 185 Å². The highest BCUT2D eigenvalue weighted by atomic mass is 32.2. The first-order valence-corrected chi connectivity index (χ1v) is 10.6. The fourth-order valence-corrected chi connectivity index (χ4v) is 3.94. The summed E-state index contributed by atoms with van der Waals surface area (Å²) >= 11 is 0. The van der Waals surface area contributed by atoms with E-state index >= 15 is 0 Å². The normalized spacial score (nSPS) is 11.3. The molecule has 2 aromatic carbocycles. The molecular formula is C20H14FN5O6S. The highest BCUT2D eigenvalue weighted by Crippen LogP contribution is 2.29. The number of ether oxygens (including phenoxy) is 1. The minimum absolute atomic E-state index is 0.179. The van der Waals surface area contributed by atoms with Crippen molar-refractivity contribution in [1.29, 1.82) is 0 Å². The van der Waals surface area contributed by atoms with Gasteiger partial charge >= 0.3 is 0 Å². The van der Waals surface area contributed by atoms with Crippen molar-refractivity contribution in [1.82, 2.24) is 14.7 Å². The largest absolute Gasteiger partial charge is 0.455 e. The van der Waals surface area contributed by atoms with Crippen molar-refractivity contribution in [3.05, 3.63) is 82.4 Å². The Balaban J connectivity index is 1.64. The Morgan fingerprint density at radius 3 is 2.73 bits per heavy atom. The van der Waals surface area contributed by atoms with Gasteiger partial charge in [0.2, 0.25) is 0 Å². The summed E-state index contributed by atoms with van der Waals surface area (Å²) in [7, 11) is -4.53. The van der Waals surface area contributed by atoms with Crippen LogP contribution in [0.2, 0.25) is 0 Å². The first-order valence-electron chi connectivity index (χ1n) is 9.15. The number of fused-ring (bicyclic) bond motifs is 1. The maximum absolute atomic E-state index is 13.9. The molecule has 0 saturated heterocycles. The summed E-state index contributed by atoms with van der Waals surface area (Å²) in [5, 5.41) is 11.7. The number of hydrogen-bond acceptors (Lipinski definition) is 8. The fraction of sp³-hybridized carbons (Fsp3) is 0. The number of carbonyl (C=O) groups excluding carboxylic acids is 1. The van der Waals surface area contributed by atoms with Crippen LogP contribution < -0.4 is 15.2 Å². The molecule has 0 aliphatic carbocycles. The SMILES string of the molecule is Nc1ccc(S(=O)(=O)NC(=O)c2ccc(F)cc2Oc2cnc3[nH]ccc3c2)cc1[N+](=O)[O-]. The number of hydrogen-bond donors (Lipinski definition) is 3. The number of amides is 1. The van der Waals surface area contributed by atoms with E-state index in [2.05, 4.69) is 9.97 Å². The van der Waals surface area contributed by atoms with Gasteiger partial charge in [0.15, 0.2) is 0 Å². The van der Waals surface area contributed by atoms with Crippen LogP contribution in [0, 0.1) is 15.9 Å². The lowest BCUT2D eigenvalue weighted by Crippen LogP contribution is -2.31. The molecule has 4 rings (SSSR count). The Morgan fingerprint density at radius 2 is 1.97 bits per heavy atom. The Kier molecular flexibility index (Phi) is 5.39. The van der Waals surface area contributed by atoms with Gasteiger partial charge in [-0.2, -0.15) is 0 Å². The molecular weight excluding hydrogens is 457 g/mol. The molecule has 13 heteroatoms. The van der Waals surface area contributed by atoms with Gasteiger partial charge < -0.3 is 15.5 Å². The van der Waals surface area contributed by atoms with E-state index in [0.717, 1.165) is 36.4 Å². The summed E-state index contributed by atoms with van der Waals surface area (Å²) in [6, 6.07) is 9.01. The summed E-state index contributed by atoms with van der Waals surface area (Å²) in [5.74, 6) is -1.95. The van der Waals surface area contributed by atoms with Crippen LogP contribution in [0.3, 0.4) is 0 Å². The highest BCUT2D eigenvalue weighted by molar-refractivity contribution is 7.90. The smallest absolute Gasteiger partial charge is 0.293 e. The lowest BCUT2D eigenvalue weighted by molar-refractivity contribution is -0.384. The molecule has 0 atom stereocenters. The molecule has 11 nitrogen and oxygen atoms in total. The first kappa shape index (κ1) is 21.7. The van der Waals surface area contributed by atoms with Crippen LogP contribution in [0.5, 0.6) is 11.5 Å². The number of anilines is 1. The average Bonchev–Trinajstić information content (AvgIpc) is 3.21. The van der Waals surface area contributed by atoms with E-state index in [-0.39, 0.29) is 22.7 Å². The van der Waals surface area contributed by atoms with Gasteiger partial charge in [0.05, 0.1) is 21.6 Å². The van der Waals surface area contributed by atoms with Crippen molar-refractivity contribution < 1.29 is 27.3 Å². The lowest BCUT2D eigenvalue weighted by Gasteiger charge is -2.12. The number of rotatable bonds is 6. The number of nitrogens with zero attached hydrogens (tertiary/aromatic N) is 2. The molecule has 4 aromatic rings. The van der Waals surface area contributed by atoms with Crippen molar-refractivity contribution in [2.45, 2.75) is 4.90 Å². The Bertz CT molecular complexity index is 1520. The van der Waals surface area contributed by atoms with Crippen LogP contribution in [0.4, 0.5) is 15.8 Å². The summed E-state index contributed by atoms with van der Waals surface area (Å²) in [6.07, 6.45) is 3.00. The molecule has 0 saturated carbocycles. The number of aromatic nitrogens is 2. The monoisotopic (exact) mass is 471 g/mol. The van der Waals surface area contributed by atoms with E-state index in [1.807, 2.05) is 0 Å². The summed E-state index contributed by atoms with van der Waals surface area (Å²) < 4.78 is 46.5. The van der Waals surface area contributed by atoms with Crippen LogP contribution in [0.15, 0.2) is 65.8 Å². The summed E-state index contributed by atoms with van der Waals surface area (Å²) in [5.41, 5.74) is 4.89. The molecule has 2 heterocycles. The molecule has 2 aromatic heterocycles. The van der Waals surface area contributed by atoms with Crippen molar-refractivity contribution in [2.75, 3.05) is 5.73 Å². The van der Waals surface area contributed by atoms with Gasteiger partial charge in [-0.15, -0.1) is 0 Å². The minimum Gasteiger partial charge on any atom is -0.455 e. The van der Waals surface area contributed by atoms with Gasteiger partial charge in [-0.25, -0.2) is 22.5 Å². The molecule has 0 bridgehead atoms. The number of aromatic amines is 1. The molecule has 0 fully saturated rings. The van der Waals surface area contributed by atoms with E-state index in [1.54, 1.807) is 23.1 Å². The van der Waals surface area contributed by atoms with E-state index in [9.17, 15) is 27.7 Å². The van der Waals surface area contributed by atoms with Crippen molar-refractivity contribution >= 4 is 38.3 Å². The molecule has 0 aliphatic rings. The van der Waals surface area contributed by atoms with E-state index < -0.39 is 37.3 Å². The van der Waals surface area contributed by atoms with Gasteiger partial charge in [0, 0.05) is 23.7 Å². The number of nitrogen functional groups attached to an aromatic ring is 1. The lowest BCUT2D eigenvalue weighted by atomic mass is 10.2. The van der Waals surface area contributed by atoms with Gasteiger partial charge in [-0.3, -0.25) is 14.9 Å². The number of benzene rings is 2. The second kappa shape index (κ2) is 8.20. The second-order valence-corrected chi connectivity index (χ2v) is 8.42. The van der Waals surface area contributed by atoms with E-state index in [0.29, 0.717) is 11.0 Å². The standard InChI is InChI=1S/C20H14FN5O6S/c21-12-1-3-15(18(8-12)32-13-7-11-5-6-23-19(11)24-10-13)20(27)25-33(30,31)14-2-4-16(22)17(9-14)26(28)29/h1-10H,22H2,(H,23,24)(H,25,27). The topological polar surface area (TPSA) is 170 Å². The summed E-state index contributed by atoms with van der Waals surface area (Å²) in [4.78, 5) is 29.4. The molecule has 0 radical (unpaired) electrons. The maximum atomic E-state index is 13.9. The predicted octanol–water partition coefficient (Wildman–Crippen LogP) is 3.10. The van der Waals surface area contributed by atoms with E-state index in [1.165, 1.54) is 6.20 Å². The third-order valence-electron chi connectivity index (χ3n) is 4.53. The molecule has 1 amide bonds. The zero-order valence-electron chi connectivity index (χ0n) is 16.5. The summed E-state index contributed by atoms with van der Waals surface area (Å²) in [6.45, 7) is 0. The predicted molar refractivity (Wildman–Crippen MR) is 115 cm³/mol. The molecule has 168 valence electrons. The number of nitrogens with two attached hydrogens (primary N) is 1. The number of nitro benzene ring substituents is 1. The van der Waals surface area contributed by atoms with Gasteiger partial charge in [0.25, 0.3) is 21.6 Å². The third-order valence-corrected chi connectivity index (χ3v) is 5.86. The second-order valence-electron chi connectivity index (χ2n) is 6.74. The number of carbonyl (C=O) groups is 1. The number of sulfonamides is 1.